The number of ether oxygens (including phenoxy) is 4. The van der Waals surface area contributed by atoms with Crippen LogP contribution in [0.25, 0.3) is 0 Å². The van der Waals surface area contributed by atoms with Crippen LogP contribution in [-0.2, 0) is 28.5 Å². The van der Waals surface area contributed by atoms with Crippen LogP contribution in [0.2, 0.25) is 0 Å². The molecule has 0 radical (unpaired) electrons. The van der Waals surface area contributed by atoms with Crippen LogP contribution in [0.3, 0.4) is 0 Å². The second-order valence-electron chi connectivity index (χ2n) is 13.0. The van der Waals surface area contributed by atoms with Crippen LogP contribution in [0.1, 0.15) is 162 Å². The van der Waals surface area contributed by atoms with Gasteiger partial charge in [-0.2, -0.15) is 0 Å². The molecule has 0 aromatic carbocycles. The Bertz CT molecular complexity index is 734. The highest BCUT2D eigenvalue weighted by atomic mass is 16.7. The van der Waals surface area contributed by atoms with E-state index in [1.165, 1.54) is 89.9 Å². The summed E-state index contributed by atoms with van der Waals surface area (Å²) < 4.78 is 21.8. The third-order valence-electron chi connectivity index (χ3n) is 8.74. The van der Waals surface area contributed by atoms with Crippen molar-refractivity contribution in [3.63, 3.8) is 0 Å². The van der Waals surface area contributed by atoms with E-state index in [4.69, 9.17) is 18.9 Å². The SMILES string of the molecule is CCCCCCCCCCCCCCCCCCCCC(=O)OC(COC(=O)CCCCC)COC1OC(CO)C(O)C(O)C1O. The quantitative estimate of drug-likeness (QED) is 0.0512. The first-order valence-corrected chi connectivity index (χ1v) is 18.6. The molecule has 0 amide bonds. The van der Waals surface area contributed by atoms with Crippen molar-refractivity contribution in [2.45, 2.75) is 198 Å². The van der Waals surface area contributed by atoms with Crippen LogP contribution in [-0.4, -0.2) is 89.0 Å². The molecule has 0 saturated carbocycles. The monoisotopic (exact) mass is 660 g/mol. The molecule has 10 nitrogen and oxygen atoms in total. The average Bonchev–Trinajstić information content (AvgIpc) is 3.05. The Hall–Kier alpha value is -1.30. The van der Waals surface area contributed by atoms with Crippen molar-refractivity contribution in [2.75, 3.05) is 19.8 Å². The fraction of sp³-hybridized carbons (Fsp3) is 0.944. The van der Waals surface area contributed by atoms with Gasteiger partial charge in [-0.05, 0) is 12.8 Å². The maximum absolute atomic E-state index is 12.6. The van der Waals surface area contributed by atoms with Gasteiger partial charge < -0.3 is 39.4 Å². The number of rotatable bonds is 30. The summed E-state index contributed by atoms with van der Waals surface area (Å²) in [5, 5.41) is 39.6. The number of unbranched alkanes of at least 4 members (excludes halogenated alkanes) is 19. The zero-order valence-electron chi connectivity index (χ0n) is 29.1. The van der Waals surface area contributed by atoms with Crippen molar-refractivity contribution in [2.24, 2.45) is 0 Å². The van der Waals surface area contributed by atoms with Crippen LogP contribution < -0.4 is 0 Å². The first kappa shape index (κ1) is 42.7. The summed E-state index contributed by atoms with van der Waals surface area (Å²) in [6.45, 7) is 3.23. The molecule has 1 fully saturated rings. The van der Waals surface area contributed by atoms with E-state index in [-0.39, 0.29) is 26.1 Å². The molecule has 0 aromatic heterocycles. The minimum atomic E-state index is -1.59. The number of aliphatic hydroxyl groups is 4. The predicted molar refractivity (Wildman–Crippen MR) is 178 cm³/mol. The van der Waals surface area contributed by atoms with Gasteiger partial charge in [0, 0.05) is 12.8 Å². The van der Waals surface area contributed by atoms with Gasteiger partial charge in [0.1, 0.15) is 31.0 Å². The molecule has 0 aliphatic carbocycles. The zero-order valence-corrected chi connectivity index (χ0v) is 29.1. The van der Waals surface area contributed by atoms with Crippen molar-refractivity contribution in [1.82, 2.24) is 0 Å². The largest absolute Gasteiger partial charge is 0.462 e. The molecule has 0 spiro atoms. The summed E-state index contributed by atoms with van der Waals surface area (Å²) >= 11 is 0. The molecule has 1 heterocycles. The van der Waals surface area contributed by atoms with Gasteiger partial charge >= 0.3 is 11.9 Å². The van der Waals surface area contributed by atoms with Crippen LogP contribution in [0, 0.1) is 0 Å². The number of hydrogen-bond donors (Lipinski definition) is 4. The van der Waals surface area contributed by atoms with E-state index in [1.54, 1.807) is 0 Å². The molecule has 1 aliphatic heterocycles. The third kappa shape index (κ3) is 20.8. The lowest BCUT2D eigenvalue weighted by atomic mass is 9.99. The molecule has 4 N–H and O–H groups in total. The first-order valence-electron chi connectivity index (χ1n) is 18.6. The van der Waals surface area contributed by atoms with Gasteiger partial charge in [-0.1, -0.05) is 136 Å². The lowest BCUT2D eigenvalue weighted by Gasteiger charge is -2.39. The molecule has 6 atom stereocenters. The van der Waals surface area contributed by atoms with E-state index >= 15 is 0 Å². The number of carbonyl (C=O) groups is 2. The van der Waals surface area contributed by atoms with Gasteiger partial charge in [-0.25, -0.2) is 0 Å². The van der Waals surface area contributed by atoms with Gasteiger partial charge in [0.15, 0.2) is 12.4 Å². The van der Waals surface area contributed by atoms with Crippen LogP contribution in [0.15, 0.2) is 0 Å². The van der Waals surface area contributed by atoms with Gasteiger partial charge in [-0.3, -0.25) is 9.59 Å². The highest BCUT2D eigenvalue weighted by Gasteiger charge is 2.44. The summed E-state index contributed by atoms with van der Waals surface area (Å²) in [5.41, 5.74) is 0. The number of aliphatic hydroxyl groups excluding tert-OH is 4. The van der Waals surface area contributed by atoms with Crippen molar-refractivity contribution < 1.29 is 49.0 Å². The minimum Gasteiger partial charge on any atom is -0.462 e. The fourth-order valence-electron chi connectivity index (χ4n) is 5.72. The van der Waals surface area contributed by atoms with E-state index in [2.05, 4.69) is 6.92 Å². The second kappa shape index (κ2) is 28.7. The molecule has 10 heteroatoms. The van der Waals surface area contributed by atoms with E-state index in [0.29, 0.717) is 12.8 Å². The highest BCUT2D eigenvalue weighted by Crippen LogP contribution is 2.22. The maximum atomic E-state index is 12.6. The van der Waals surface area contributed by atoms with E-state index in [9.17, 15) is 30.0 Å². The van der Waals surface area contributed by atoms with Crippen molar-refractivity contribution >= 4 is 11.9 Å². The summed E-state index contributed by atoms with van der Waals surface area (Å²) in [7, 11) is 0. The summed E-state index contributed by atoms with van der Waals surface area (Å²) in [4.78, 5) is 24.7. The van der Waals surface area contributed by atoms with Crippen molar-refractivity contribution in [1.29, 1.82) is 0 Å². The summed E-state index contributed by atoms with van der Waals surface area (Å²) in [6.07, 6.45) is 17.8. The Morgan fingerprint density at radius 2 is 1.02 bits per heavy atom. The molecule has 272 valence electrons. The van der Waals surface area contributed by atoms with Crippen molar-refractivity contribution in [3.05, 3.63) is 0 Å². The van der Waals surface area contributed by atoms with Gasteiger partial charge in [0.05, 0.1) is 13.2 Å². The molecular formula is C36H68O10. The molecule has 1 rings (SSSR count). The Morgan fingerprint density at radius 3 is 1.52 bits per heavy atom. The Labute approximate surface area is 278 Å². The standard InChI is InChI=1S/C36H68O10/c1-3-5-7-8-9-10-11-12-13-14-15-16-17-18-19-20-21-23-25-32(39)45-29(27-43-31(38)24-22-6-4-2)28-44-36-35(42)34(41)33(40)30(26-37)46-36/h29-30,33-37,40-42H,3-28H2,1-2H3. The second-order valence-corrected chi connectivity index (χ2v) is 13.0. The summed E-state index contributed by atoms with van der Waals surface area (Å²) in [6, 6.07) is 0. The fourth-order valence-corrected chi connectivity index (χ4v) is 5.72. The third-order valence-corrected chi connectivity index (χ3v) is 8.74. The van der Waals surface area contributed by atoms with Crippen LogP contribution >= 0.6 is 0 Å². The van der Waals surface area contributed by atoms with Gasteiger partial charge in [0.25, 0.3) is 0 Å². The maximum Gasteiger partial charge on any atom is 0.306 e. The lowest BCUT2D eigenvalue weighted by Crippen LogP contribution is -2.59. The Balaban J connectivity index is 2.24. The van der Waals surface area contributed by atoms with Crippen LogP contribution in [0.5, 0.6) is 0 Å². The van der Waals surface area contributed by atoms with E-state index in [0.717, 1.165) is 32.1 Å². The van der Waals surface area contributed by atoms with E-state index < -0.39 is 55.4 Å². The highest BCUT2D eigenvalue weighted by molar-refractivity contribution is 5.70. The number of carbonyl (C=O) groups excluding carboxylic acids is 2. The smallest absolute Gasteiger partial charge is 0.306 e. The summed E-state index contributed by atoms with van der Waals surface area (Å²) in [5.74, 6) is -0.827. The van der Waals surface area contributed by atoms with E-state index in [1.807, 2.05) is 6.92 Å². The number of esters is 2. The zero-order chi connectivity index (χ0) is 33.8. The lowest BCUT2D eigenvalue weighted by molar-refractivity contribution is -0.305. The Morgan fingerprint density at radius 1 is 0.587 bits per heavy atom. The van der Waals surface area contributed by atoms with Crippen molar-refractivity contribution in [3.8, 4) is 0 Å². The average molecular weight is 661 g/mol. The predicted octanol–water partition coefficient (Wildman–Crippen LogP) is 6.27. The Kier molecular flexibility index (Phi) is 26.6. The van der Waals surface area contributed by atoms with Crippen LogP contribution in [0.4, 0.5) is 0 Å². The number of hydrogen-bond acceptors (Lipinski definition) is 10. The van der Waals surface area contributed by atoms with Gasteiger partial charge in [-0.15, -0.1) is 0 Å². The molecule has 0 bridgehead atoms. The minimum absolute atomic E-state index is 0.215. The molecule has 1 aliphatic rings. The first-order chi connectivity index (χ1) is 22.3. The normalized spacial score (nSPS) is 22.1. The molecular weight excluding hydrogens is 592 g/mol. The topological polar surface area (TPSA) is 152 Å². The molecule has 6 unspecified atom stereocenters. The molecule has 46 heavy (non-hydrogen) atoms. The molecule has 0 aromatic rings. The van der Waals surface area contributed by atoms with Gasteiger partial charge in [0.2, 0.25) is 0 Å². The molecule has 1 saturated heterocycles.